The monoisotopic (exact) mass is 342 g/mol. The fraction of sp³-hybridized carbons (Fsp3) is 0. The van der Waals surface area contributed by atoms with Gasteiger partial charge in [-0.15, -0.1) is 0 Å². The minimum absolute atomic E-state index is 0.786. The van der Waals surface area contributed by atoms with Crippen molar-refractivity contribution in [3.63, 3.8) is 0 Å². The van der Waals surface area contributed by atoms with Gasteiger partial charge in [-0.3, -0.25) is 0 Å². The Hall–Kier alpha value is -2.91. The molecule has 0 amide bonds. The third-order valence-corrected chi connectivity index (χ3v) is 5.06. The van der Waals surface area contributed by atoms with Crippen LogP contribution in [0.1, 0.15) is 0 Å². The van der Waals surface area contributed by atoms with Gasteiger partial charge in [0.1, 0.15) is 0 Å². The molecule has 4 aromatic carbocycles. The van der Waals surface area contributed by atoms with Gasteiger partial charge in [-0.1, -0.05) is 54.2 Å². The molecule has 4 rings (SSSR count). The number of hydrogen-bond donors (Lipinski definition) is 2. The summed E-state index contributed by atoms with van der Waals surface area (Å²) in [6.45, 7) is 0. The highest BCUT2D eigenvalue weighted by molar-refractivity contribution is 7.99. The SMILES string of the molecule is Nc1ccc(Sc2cc(Nc3ccccc3)cc3ccccc23)cc1. The van der Waals surface area contributed by atoms with E-state index in [-0.39, 0.29) is 0 Å². The number of rotatable bonds is 4. The number of nitrogens with two attached hydrogens (primary N) is 1. The summed E-state index contributed by atoms with van der Waals surface area (Å²) >= 11 is 1.75. The number of nitrogen functional groups attached to an aromatic ring is 1. The summed E-state index contributed by atoms with van der Waals surface area (Å²) in [4.78, 5) is 2.40. The highest BCUT2D eigenvalue weighted by Gasteiger charge is 2.06. The first-order chi connectivity index (χ1) is 12.3. The van der Waals surface area contributed by atoms with Crippen LogP contribution in [0.15, 0.2) is 101 Å². The zero-order chi connectivity index (χ0) is 17.1. The first-order valence-corrected chi connectivity index (χ1v) is 8.98. The number of nitrogens with one attached hydrogen (secondary N) is 1. The number of benzene rings is 4. The van der Waals surface area contributed by atoms with Crippen molar-refractivity contribution in [3.8, 4) is 0 Å². The summed E-state index contributed by atoms with van der Waals surface area (Å²) in [5.41, 5.74) is 8.76. The molecule has 0 aliphatic rings. The molecule has 0 bridgehead atoms. The van der Waals surface area contributed by atoms with E-state index in [9.17, 15) is 0 Å². The summed E-state index contributed by atoms with van der Waals surface area (Å²) < 4.78 is 0. The second-order valence-electron chi connectivity index (χ2n) is 5.86. The molecule has 0 fully saturated rings. The van der Waals surface area contributed by atoms with E-state index in [0.29, 0.717) is 0 Å². The van der Waals surface area contributed by atoms with Crippen molar-refractivity contribution in [1.29, 1.82) is 0 Å². The Balaban J connectivity index is 1.74. The number of anilines is 3. The Bertz CT molecular complexity index is 995. The van der Waals surface area contributed by atoms with E-state index in [2.05, 4.69) is 66.0 Å². The van der Waals surface area contributed by atoms with Crippen LogP contribution >= 0.6 is 11.8 Å². The van der Waals surface area contributed by atoms with Crippen molar-refractivity contribution < 1.29 is 0 Å². The van der Waals surface area contributed by atoms with E-state index in [0.717, 1.165) is 17.1 Å². The maximum Gasteiger partial charge on any atom is 0.0402 e. The Kier molecular flexibility index (Phi) is 4.32. The van der Waals surface area contributed by atoms with Crippen molar-refractivity contribution in [3.05, 3.63) is 91.0 Å². The first-order valence-electron chi connectivity index (χ1n) is 8.16. The third-order valence-electron chi connectivity index (χ3n) is 3.99. The van der Waals surface area contributed by atoms with Crippen LogP contribution in [0.2, 0.25) is 0 Å². The average Bonchev–Trinajstić information content (AvgIpc) is 2.64. The summed E-state index contributed by atoms with van der Waals surface area (Å²) in [5.74, 6) is 0. The Morgan fingerprint density at radius 3 is 2.20 bits per heavy atom. The lowest BCUT2D eigenvalue weighted by Gasteiger charge is -2.12. The van der Waals surface area contributed by atoms with E-state index in [1.165, 1.54) is 20.6 Å². The zero-order valence-corrected chi connectivity index (χ0v) is 14.5. The maximum atomic E-state index is 5.80. The molecule has 4 aromatic rings. The van der Waals surface area contributed by atoms with E-state index in [4.69, 9.17) is 5.73 Å². The van der Waals surface area contributed by atoms with Crippen LogP contribution in [0.3, 0.4) is 0 Å². The molecule has 122 valence electrons. The first kappa shape index (κ1) is 15.6. The molecule has 0 aliphatic heterocycles. The van der Waals surface area contributed by atoms with Gasteiger partial charge in [0.15, 0.2) is 0 Å². The summed E-state index contributed by atoms with van der Waals surface area (Å²) in [5, 5.41) is 5.97. The maximum absolute atomic E-state index is 5.80. The molecule has 0 unspecified atom stereocenters. The molecule has 0 atom stereocenters. The van der Waals surface area contributed by atoms with E-state index in [1.54, 1.807) is 11.8 Å². The fourth-order valence-electron chi connectivity index (χ4n) is 2.78. The van der Waals surface area contributed by atoms with Gasteiger partial charge in [0, 0.05) is 26.9 Å². The van der Waals surface area contributed by atoms with Crippen LogP contribution in [0.4, 0.5) is 17.1 Å². The molecule has 0 aromatic heterocycles. The van der Waals surface area contributed by atoms with Gasteiger partial charge >= 0.3 is 0 Å². The molecule has 0 aliphatic carbocycles. The topological polar surface area (TPSA) is 38.0 Å². The molecule has 0 saturated carbocycles. The fourth-order valence-corrected chi connectivity index (χ4v) is 3.79. The highest BCUT2D eigenvalue weighted by atomic mass is 32.2. The quantitative estimate of drug-likeness (QED) is 0.426. The van der Waals surface area contributed by atoms with E-state index < -0.39 is 0 Å². The van der Waals surface area contributed by atoms with Crippen LogP contribution < -0.4 is 11.1 Å². The van der Waals surface area contributed by atoms with Crippen LogP contribution in [0, 0.1) is 0 Å². The number of para-hydroxylation sites is 1. The molecule has 3 N–H and O–H groups in total. The molecule has 0 spiro atoms. The minimum atomic E-state index is 0.786. The minimum Gasteiger partial charge on any atom is -0.399 e. The number of hydrogen-bond acceptors (Lipinski definition) is 3. The second-order valence-corrected chi connectivity index (χ2v) is 6.97. The van der Waals surface area contributed by atoms with Crippen LogP contribution in [0.5, 0.6) is 0 Å². The molecule has 0 radical (unpaired) electrons. The molecule has 25 heavy (non-hydrogen) atoms. The predicted molar refractivity (Wildman–Crippen MR) is 109 cm³/mol. The van der Waals surface area contributed by atoms with E-state index >= 15 is 0 Å². The lowest BCUT2D eigenvalue weighted by atomic mass is 10.1. The van der Waals surface area contributed by atoms with Gasteiger partial charge in [0.05, 0.1) is 0 Å². The molecular formula is C22H18N2S. The van der Waals surface area contributed by atoms with Crippen molar-refractivity contribution >= 4 is 39.6 Å². The lowest BCUT2D eigenvalue weighted by molar-refractivity contribution is 1.43. The predicted octanol–water partition coefficient (Wildman–Crippen LogP) is 6.32. The van der Waals surface area contributed by atoms with Gasteiger partial charge in [-0.05, 0) is 59.3 Å². The van der Waals surface area contributed by atoms with Crippen LogP contribution in [-0.4, -0.2) is 0 Å². The van der Waals surface area contributed by atoms with Gasteiger partial charge in [-0.2, -0.15) is 0 Å². The summed E-state index contributed by atoms with van der Waals surface area (Å²) in [7, 11) is 0. The molecule has 3 heteroatoms. The normalized spacial score (nSPS) is 10.7. The smallest absolute Gasteiger partial charge is 0.0402 e. The second kappa shape index (κ2) is 6.91. The van der Waals surface area contributed by atoms with Gasteiger partial charge < -0.3 is 11.1 Å². The Morgan fingerprint density at radius 2 is 1.40 bits per heavy atom. The van der Waals surface area contributed by atoms with Crippen molar-refractivity contribution in [2.24, 2.45) is 0 Å². The van der Waals surface area contributed by atoms with Crippen LogP contribution in [-0.2, 0) is 0 Å². The number of fused-ring (bicyclic) bond motifs is 1. The Morgan fingerprint density at radius 1 is 0.680 bits per heavy atom. The molecule has 2 nitrogen and oxygen atoms in total. The molecule has 0 saturated heterocycles. The van der Waals surface area contributed by atoms with Crippen LogP contribution in [0.25, 0.3) is 10.8 Å². The molecular weight excluding hydrogens is 324 g/mol. The standard InChI is InChI=1S/C22H18N2S/c23-17-10-12-20(13-11-17)25-22-15-19(24-18-7-2-1-3-8-18)14-16-6-4-5-9-21(16)22/h1-15,24H,23H2. The van der Waals surface area contributed by atoms with E-state index in [1.807, 2.05) is 30.3 Å². The van der Waals surface area contributed by atoms with Gasteiger partial charge in [0.25, 0.3) is 0 Å². The summed E-state index contributed by atoms with van der Waals surface area (Å²) in [6, 6.07) is 31.1. The third kappa shape index (κ3) is 3.62. The molecule has 0 heterocycles. The van der Waals surface area contributed by atoms with Gasteiger partial charge in [-0.25, -0.2) is 0 Å². The lowest BCUT2D eigenvalue weighted by Crippen LogP contribution is -1.91. The highest BCUT2D eigenvalue weighted by Crippen LogP contribution is 2.36. The summed E-state index contributed by atoms with van der Waals surface area (Å²) in [6.07, 6.45) is 0. The van der Waals surface area contributed by atoms with Crippen molar-refractivity contribution in [1.82, 2.24) is 0 Å². The zero-order valence-electron chi connectivity index (χ0n) is 13.6. The van der Waals surface area contributed by atoms with Gasteiger partial charge in [0.2, 0.25) is 0 Å². The van der Waals surface area contributed by atoms with Crippen molar-refractivity contribution in [2.75, 3.05) is 11.1 Å². The average molecular weight is 342 g/mol. The Labute approximate surface area is 151 Å². The largest absolute Gasteiger partial charge is 0.399 e. The van der Waals surface area contributed by atoms with Crippen molar-refractivity contribution in [2.45, 2.75) is 9.79 Å².